The van der Waals surface area contributed by atoms with E-state index >= 15 is 0 Å². The second-order valence-electron chi connectivity index (χ2n) is 4.77. The molecule has 3 nitrogen and oxygen atoms in total. The van der Waals surface area contributed by atoms with Gasteiger partial charge in [0.1, 0.15) is 0 Å². The molecule has 1 unspecified atom stereocenters. The number of benzene rings is 1. The van der Waals surface area contributed by atoms with E-state index in [1.54, 1.807) is 0 Å². The Balaban J connectivity index is 2.44. The van der Waals surface area contributed by atoms with Crippen LogP contribution in [0, 0.1) is 13.8 Å². The van der Waals surface area contributed by atoms with Crippen LogP contribution in [0.1, 0.15) is 35.3 Å². The van der Waals surface area contributed by atoms with E-state index in [4.69, 9.17) is 0 Å². The predicted molar refractivity (Wildman–Crippen MR) is 74.6 cm³/mol. The third-order valence-electron chi connectivity index (χ3n) is 3.18. The second-order valence-corrected chi connectivity index (χ2v) is 4.77. The number of aromatic nitrogens is 2. The van der Waals surface area contributed by atoms with Crippen molar-refractivity contribution in [1.82, 2.24) is 15.1 Å². The zero-order valence-corrected chi connectivity index (χ0v) is 11.6. The summed E-state index contributed by atoms with van der Waals surface area (Å²) in [6.45, 7) is 7.34. The van der Waals surface area contributed by atoms with Crippen molar-refractivity contribution < 1.29 is 0 Å². The zero-order valence-electron chi connectivity index (χ0n) is 11.6. The molecule has 0 aliphatic rings. The predicted octanol–water partition coefficient (Wildman–Crippen LogP) is 2.74. The monoisotopic (exact) mass is 243 g/mol. The molecule has 18 heavy (non-hydrogen) atoms. The number of aryl methyl sites for hydroxylation is 3. The molecule has 2 aromatic rings. The Labute approximate surface area is 109 Å². The molecule has 0 saturated carbocycles. The average Bonchev–Trinajstić information content (AvgIpc) is 2.76. The van der Waals surface area contributed by atoms with Crippen LogP contribution in [0.4, 0.5) is 0 Å². The smallest absolute Gasteiger partial charge is 0.0839 e. The summed E-state index contributed by atoms with van der Waals surface area (Å²) < 4.78 is 1.85. The molecule has 0 bridgehead atoms. The third-order valence-corrected chi connectivity index (χ3v) is 3.18. The van der Waals surface area contributed by atoms with Crippen molar-refractivity contribution in [2.45, 2.75) is 26.8 Å². The Morgan fingerprint density at radius 2 is 2.06 bits per heavy atom. The van der Waals surface area contributed by atoms with Crippen LogP contribution in [0.25, 0.3) is 0 Å². The molecule has 0 fully saturated rings. The van der Waals surface area contributed by atoms with Gasteiger partial charge in [0.25, 0.3) is 0 Å². The summed E-state index contributed by atoms with van der Waals surface area (Å²) in [7, 11) is 1.95. The summed E-state index contributed by atoms with van der Waals surface area (Å²) in [5.74, 6) is 0. The first-order valence-electron chi connectivity index (χ1n) is 6.42. The molecule has 1 heterocycles. The Morgan fingerprint density at radius 3 is 2.67 bits per heavy atom. The Hall–Kier alpha value is -1.61. The van der Waals surface area contributed by atoms with E-state index in [0.29, 0.717) is 0 Å². The van der Waals surface area contributed by atoms with Crippen LogP contribution in [0.15, 0.2) is 30.5 Å². The highest BCUT2D eigenvalue weighted by Gasteiger charge is 2.17. The van der Waals surface area contributed by atoms with Gasteiger partial charge in [-0.25, -0.2) is 0 Å². The van der Waals surface area contributed by atoms with Gasteiger partial charge in [-0.15, -0.1) is 0 Å². The van der Waals surface area contributed by atoms with Gasteiger partial charge in [-0.1, -0.05) is 30.7 Å². The molecule has 0 amide bonds. The first kappa shape index (κ1) is 12.8. The van der Waals surface area contributed by atoms with Gasteiger partial charge in [0.15, 0.2) is 0 Å². The quantitative estimate of drug-likeness (QED) is 0.895. The first-order valence-corrected chi connectivity index (χ1v) is 6.42. The zero-order chi connectivity index (χ0) is 13.1. The van der Waals surface area contributed by atoms with Crippen LogP contribution in [0.2, 0.25) is 0 Å². The van der Waals surface area contributed by atoms with Gasteiger partial charge >= 0.3 is 0 Å². The fourth-order valence-electron chi connectivity index (χ4n) is 2.24. The molecule has 0 spiro atoms. The maximum atomic E-state index is 4.53. The SMILES string of the molecule is CCNC(c1ccn(C)n1)c1cc(C)ccc1C. The minimum absolute atomic E-state index is 0.177. The minimum atomic E-state index is 0.177. The highest BCUT2D eigenvalue weighted by atomic mass is 15.3. The Bertz CT molecular complexity index is 528. The maximum Gasteiger partial charge on any atom is 0.0839 e. The van der Waals surface area contributed by atoms with Crippen molar-refractivity contribution in [2.24, 2.45) is 7.05 Å². The molecular weight excluding hydrogens is 222 g/mol. The van der Waals surface area contributed by atoms with Gasteiger partial charge in [-0.3, -0.25) is 4.68 Å². The Morgan fingerprint density at radius 1 is 1.28 bits per heavy atom. The van der Waals surface area contributed by atoms with Crippen molar-refractivity contribution in [3.8, 4) is 0 Å². The third kappa shape index (κ3) is 2.62. The van der Waals surface area contributed by atoms with Crippen LogP contribution in [-0.2, 0) is 7.05 Å². The molecule has 0 saturated heterocycles. The Kier molecular flexibility index (Phi) is 3.82. The van der Waals surface area contributed by atoms with Gasteiger partial charge in [0.2, 0.25) is 0 Å². The van der Waals surface area contributed by atoms with Gasteiger partial charge < -0.3 is 5.32 Å². The molecular formula is C15H21N3. The van der Waals surface area contributed by atoms with Crippen LogP contribution in [0.5, 0.6) is 0 Å². The van der Waals surface area contributed by atoms with Crippen molar-refractivity contribution in [1.29, 1.82) is 0 Å². The van der Waals surface area contributed by atoms with Crippen LogP contribution >= 0.6 is 0 Å². The molecule has 1 atom stereocenters. The van der Waals surface area contributed by atoms with E-state index in [1.807, 2.05) is 17.9 Å². The fourth-order valence-corrected chi connectivity index (χ4v) is 2.24. The molecule has 0 aliphatic carbocycles. The molecule has 2 rings (SSSR count). The van der Waals surface area contributed by atoms with Crippen LogP contribution in [-0.4, -0.2) is 16.3 Å². The molecule has 1 N–H and O–H groups in total. The van der Waals surface area contributed by atoms with Crippen LogP contribution in [0.3, 0.4) is 0 Å². The van der Waals surface area contributed by atoms with E-state index in [1.165, 1.54) is 16.7 Å². The summed E-state index contributed by atoms with van der Waals surface area (Å²) in [5.41, 5.74) is 4.98. The standard InChI is InChI=1S/C15H21N3/c1-5-16-15(14-8-9-18(4)17-14)13-10-11(2)6-7-12(13)3/h6-10,15-16H,5H2,1-4H3. The topological polar surface area (TPSA) is 29.9 Å². The molecule has 96 valence electrons. The van der Waals surface area contributed by atoms with Gasteiger partial charge in [0.05, 0.1) is 11.7 Å². The minimum Gasteiger partial charge on any atom is -0.305 e. The van der Waals surface area contributed by atoms with E-state index in [9.17, 15) is 0 Å². The highest BCUT2D eigenvalue weighted by molar-refractivity contribution is 5.37. The lowest BCUT2D eigenvalue weighted by Crippen LogP contribution is -2.23. The molecule has 0 radical (unpaired) electrons. The summed E-state index contributed by atoms with van der Waals surface area (Å²) >= 11 is 0. The number of nitrogens with zero attached hydrogens (tertiary/aromatic N) is 2. The molecule has 0 aliphatic heterocycles. The van der Waals surface area contributed by atoms with E-state index in [2.05, 4.69) is 55.5 Å². The largest absolute Gasteiger partial charge is 0.305 e. The summed E-state index contributed by atoms with van der Waals surface area (Å²) in [5, 5.41) is 8.05. The lowest BCUT2D eigenvalue weighted by atomic mass is 9.97. The summed E-state index contributed by atoms with van der Waals surface area (Å²) in [6, 6.07) is 8.83. The number of hydrogen-bond donors (Lipinski definition) is 1. The maximum absolute atomic E-state index is 4.53. The van der Waals surface area contributed by atoms with E-state index in [0.717, 1.165) is 12.2 Å². The first-order chi connectivity index (χ1) is 8.61. The van der Waals surface area contributed by atoms with Crippen molar-refractivity contribution >= 4 is 0 Å². The second kappa shape index (κ2) is 5.36. The summed E-state index contributed by atoms with van der Waals surface area (Å²) in [4.78, 5) is 0. The van der Waals surface area contributed by atoms with Crippen molar-refractivity contribution in [3.63, 3.8) is 0 Å². The number of rotatable bonds is 4. The van der Waals surface area contributed by atoms with Crippen LogP contribution < -0.4 is 5.32 Å². The van der Waals surface area contributed by atoms with Gasteiger partial charge in [-0.2, -0.15) is 5.10 Å². The molecule has 1 aromatic carbocycles. The number of nitrogens with one attached hydrogen (secondary N) is 1. The number of hydrogen-bond acceptors (Lipinski definition) is 2. The van der Waals surface area contributed by atoms with Crippen molar-refractivity contribution in [3.05, 3.63) is 52.8 Å². The normalized spacial score (nSPS) is 12.7. The van der Waals surface area contributed by atoms with E-state index in [-0.39, 0.29) is 6.04 Å². The van der Waals surface area contributed by atoms with Gasteiger partial charge in [-0.05, 0) is 37.6 Å². The van der Waals surface area contributed by atoms with E-state index < -0.39 is 0 Å². The molecule has 3 heteroatoms. The fraction of sp³-hybridized carbons (Fsp3) is 0.400. The average molecular weight is 243 g/mol. The lowest BCUT2D eigenvalue weighted by molar-refractivity contribution is 0.597. The lowest BCUT2D eigenvalue weighted by Gasteiger charge is -2.19. The summed E-state index contributed by atoms with van der Waals surface area (Å²) in [6.07, 6.45) is 1.99. The molecule has 1 aromatic heterocycles. The van der Waals surface area contributed by atoms with Crippen molar-refractivity contribution in [2.75, 3.05) is 6.54 Å². The highest BCUT2D eigenvalue weighted by Crippen LogP contribution is 2.24. The van der Waals surface area contributed by atoms with Gasteiger partial charge in [0, 0.05) is 13.2 Å².